The molecule has 0 amide bonds. The highest BCUT2D eigenvalue weighted by Gasteiger charge is 2.06. The normalized spacial score (nSPS) is 12.6. The third kappa shape index (κ3) is 2.92. The number of aromatic nitrogens is 1. The summed E-state index contributed by atoms with van der Waals surface area (Å²) in [6.07, 6.45) is 6.88. The molecule has 2 N–H and O–H groups in total. The predicted octanol–water partition coefficient (Wildman–Crippen LogP) is 1.79. The summed E-state index contributed by atoms with van der Waals surface area (Å²) in [6, 6.07) is 7.87. The summed E-state index contributed by atoms with van der Waals surface area (Å²) in [5.41, 5.74) is 7.17. The van der Waals surface area contributed by atoms with Crippen molar-refractivity contribution >= 4 is 0 Å². The quantitative estimate of drug-likeness (QED) is 0.822. The Kier molecular flexibility index (Phi) is 3.15. The maximum Gasteiger partial charge on any atom is 0.105 e. The fourth-order valence-electron chi connectivity index (χ4n) is 1.58. The van der Waals surface area contributed by atoms with E-state index in [-0.39, 0.29) is 6.04 Å². The van der Waals surface area contributed by atoms with Gasteiger partial charge in [-0.25, -0.2) is 0 Å². The molecule has 2 heterocycles. The van der Waals surface area contributed by atoms with E-state index in [0.29, 0.717) is 0 Å². The lowest BCUT2D eigenvalue weighted by Crippen LogP contribution is -2.25. The van der Waals surface area contributed by atoms with Crippen molar-refractivity contribution in [2.24, 2.45) is 5.73 Å². The van der Waals surface area contributed by atoms with E-state index < -0.39 is 0 Å². The van der Waals surface area contributed by atoms with E-state index in [1.165, 1.54) is 0 Å². The zero-order chi connectivity index (χ0) is 10.5. The molecule has 78 valence electrons. The number of hydrogen-bond donors (Lipinski definition) is 1. The third-order valence-electron chi connectivity index (χ3n) is 2.26. The van der Waals surface area contributed by atoms with E-state index in [2.05, 4.69) is 4.98 Å². The Morgan fingerprint density at radius 1 is 1.27 bits per heavy atom. The zero-order valence-corrected chi connectivity index (χ0v) is 8.47. The Labute approximate surface area is 88.9 Å². The Morgan fingerprint density at radius 3 is 2.87 bits per heavy atom. The number of pyridine rings is 1. The highest BCUT2D eigenvalue weighted by Crippen LogP contribution is 2.07. The minimum atomic E-state index is 0.0837. The van der Waals surface area contributed by atoms with Gasteiger partial charge < -0.3 is 10.2 Å². The highest BCUT2D eigenvalue weighted by atomic mass is 16.3. The van der Waals surface area contributed by atoms with Crippen LogP contribution in [0.1, 0.15) is 11.3 Å². The van der Waals surface area contributed by atoms with E-state index >= 15 is 0 Å². The third-order valence-corrected chi connectivity index (χ3v) is 2.26. The molecule has 0 bridgehead atoms. The van der Waals surface area contributed by atoms with E-state index in [0.717, 1.165) is 24.2 Å². The van der Waals surface area contributed by atoms with Crippen LogP contribution in [0.5, 0.6) is 0 Å². The van der Waals surface area contributed by atoms with E-state index in [1.807, 2.05) is 30.5 Å². The molecule has 0 saturated carbocycles. The molecule has 2 rings (SSSR count). The van der Waals surface area contributed by atoms with Gasteiger partial charge in [0.2, 0.25) is 0 Å². The molecule has 0 radical (unpaired) electrons. The number of nitrogens with two attached hydrogens (primary N) is 1. The van der Waals surface area contributed by atoms with Crippen molar-refractivity contribution in [3.8, 4) is 0 Å². The van der Waals surface area contributed by atoms with Crippen LogP contribution >= 0.6 is 0 Å². The lowest BCUT2D eigenvalue weighted by molar-refractivity contribution is 0.483. The molecule has 3 heteroatoms. The summed E-state index contributed by atoms with van der Waals surface area (Å²) in [6.45, 7) is 0. The van der Waals surface area contributed by atoms with Crippen molar-refractivity contribution in [2.75, 3.05) is 0 Å². The van der Waals surface area contributed by atoms with E-state index in [1.54, 1.807) is 12.5 Å². The van der Waals surface area contributed by atoms with Crippen LogP contribution in [0.4, 0.5) is 0 Å². The van der Waals surface area contributed by atoms with Crippen molar-refractivity contribution in [2.45, 2.75) is 18.9 Å². The molecule has 15 heavy (non-hydrogen) atoms. The molecule has 1 atom stereocenters. The van der Waals surface area contributed by atoms with Gasteiger partial charge in [0.05, 0.1) is 6.26 Å². The first-order valence-electron chi connectivity index (χ1n) is 5.01. The fourth-order valence-corrected chi connectivity index (χ4v) is 1.58. The van der Waals surface area contributed by atoms with Crippen LogP contribution in [0.3, 0.4) is 0 Å². The molecule has 2 aromatic heterocycles. The molecule has 0 aliphatic rings. The number of rotatable bonds is 4. The van der Waals surface area contributed by atoms with Crippen LogP contribution in [0, 0.1) is 0 Å². The predicted molar refractivity (Wildman–Crippen MR) is 58.3 cm³/mol. The van der Waals surface area contributed by atoms with Gasteiger partial charge in [0.15, 0.2) is 0 Å². The van der Waals surface area contributed by atoms with Gasteiger partial charge in [-0.1, -0.05) is 6.07 Å². The van der Waals surface area contributed by atoms with Crippen molar-refractivity contribution in [3.05, 3.63) is 54.2 Å². The average molecular weight is 202 g/mol. The second-order valence-electron chi connectivity index (χ2n) is 3.61. The number of hydrogen-bond acceptors (Lipinski definition) is 3. The summed E-state index contributed by atoms with van der Waals surface area (Å²) in [4.78, 5) is 4.06. The molecule has 0 aromatic carbocycles. The molecule has 3 nitrogen and oxygen atoms in total. The second-order valence-corrected chi connectivity index (χ2v) is 3.61. The first kappa shape index (κ1) is 9.93. The highest BCUT2D eigenvalue weighted by molar-refractivity contribution is 5.11. The molecular weight excluding hydrogens is 188 g/mol. The van der Waals surface area contributed by atoms with Gasteiger partial charge in [0.25, 0.3) is 0 Å². The fraction of sp³-hybridized carbons (Fsp3) is 0.250. The average Bonchev–Trinajstić information content (AvgIpc) is 2.71. The zero-order valence-electron chi connectivity index (χ0n) is 8.47. The van der Waals surface area contributed by atoms with Crippen molar-refractivity contribution in [3.63, 3.8) is 0 Å². The molecule has 0 aliphatic carbocycles. The van der Waals surface area contributed by atoms with Crippen molar-refractivity contribution in [1.29, 1.82) is 0 Å². The van der Waals surface area contributed by atoms with E-state index in [4.69, 9.17) is 10.2 Å². The summed E-state index contributed by atoms with van der Waals surface area (Å²) >= 11 is 0. The lowest BCUT2D eigenvalue weighted by atomic mass is 10.0. The summed E-state index contributed by atoms with van der Waals surface area (Å²) in [5.74, 6) is 0.936. The Bertz CT molecular complexity index is 383. The first-order chi connectivity index (χ1) is 7.34. The molecule has 0 aliphatic heterocycles. The monoisotopic (exact) mass is 202 g/mol. The van der Waals surface area contributed by atoms with Gasteiger partial charge in [-0.05, 0) is 30.2 Å². The molecule has 2 aromatic rings. The second kappa shape index (κ2) is 4.75. The van der Waals surface area contributed by atoms with Gasteiger partial charge in [0.1, 0.15) is 5.76 Å². The molecule has 0 spiro atoms. The van der Waals surface area contributed by atoms with Crippen molar-refractivity contribution < 1.29 is 4.42 Å². The van der Waals surface area contributed by atoms with Gasteiger partial charge in [0, 0.05) is 24.9 Å². The number of furan rings is 1. The summed E-state index contributed by atoms with van der Waals surface area (Å²) in [5, 5.41) is 0. The SMILES string of the molecule is NC(Cc1cccnc1)Cc1ccco1. The van der Waals surface area contributed by atoms with Gasteiger partial charge in [-0.2, -0.15) is 0 Å². The maximum absolute atomic E-state index is 6.01. The van der Waals surface area contributed by atoms with Crippen molar-refractivity contribution in [1.82, 2.24) is 4.98 Å². The lowest BCUT2D eigenvalue weighted by Gasteiger charge is -2.09. The van der Waals surface area contributed by atoms with Crippen LogP contribution in [-0.2, 0) is 12.8 Å². The van der Waals surface area contributed by atoms with E-state index in [9.17, 15) is 0 Å². The van der Waals surface area contributed by atoms with Crippen LogP contribution in [0.25, 0.3) is 0 Å². The van der Waals surface area contributed by atoms with Crippen LogP contribution in [0.15, 0.2) is 47.3 Å². The first-order valence-corrected chi connectivity index (χ1v) is 5.01. The summed E-state index contributed by atoms with van der Waals surface area (Å²) in [7, 11) is 0. The van der Waals surface area contributed by atoms with Gasteiger partial charge in [-0.15, -0.1) is 0 Å². The van der Waals surface area contributed by atoms with Gasteiger partial charge >= 0.3 is 0 Å². The molecule has 0 fully saturated rings. The standard InChI is InChI=1S/C12H14N2O/c13-11(8-12-4-2-6-15-12)7-10-3-1-5-14-9-10/h1-6,9,11H,7-8,13H2. The minimum absolute atomic E-state index is 0.0837. The largest absolute Gasteiger partial charge is 0.469 e. The minimum Gasteiger partial charge on any atom is -0.469 e. The molecule has 0 saturated heterocycles. The van der Waals surface area contributed by atoms with Gasteiger partial charge in [-0.3, -0.25) is 4.98 Å². The van der Waals surface area contributed by atoms with Crippen LogP contribution < -0.4 is 5.73 Å². The molecular formula is C12H14N2O. The smallest absolute Gasteiger partial charge is 0.105 e. The number of nitrogens with zero attached hydrogens (tertiary/aromatic N) is 1. The topological polar surface area (TPSA) is 52.0 Å². The van der Waals surface area contributed by atoms with Crippen LogP contribution in [-0.4, -0.2) is 11.0 Å². The summed E-state index contributed by atoms with van der Waals surface area (Å²) < 4.78 is 5.25. The molecule has 1 unspecified atom stereocenters. The Balaban J connectivity index is 1.90. The Hall–Kier alpha value is -1.61. The van der Waals surface area contributed by atoms with Crippen LogP contribution in [0.2, 0.25) is 0 Å². The Morgan fingerprint density at radius 2 is 2.20 bits per heavy atom. The maximum atomic E-state index is 6.01.